The lowest BCUT2D eigenvalue weighted by molar-refractivity contribution is -0.111. The number of furan rings is 1. The van der Waals surface area contributed by atoms with Gasteiger partial charge in [-0.1, -0.05) is 29.3 Å². The molecule has 7 heteroatoms. The van der Waals surface area contributed by atoms with Crippen molar-refractivity contribution in [1.82, 2.24) is 0 Å². The van der Waals surface area contributed by atoms with Gasteiger partial charge in [0.1, 0.15) is 23.0 Å². The van der Waals surface area contributed by atoms with Gasteiger partial charge in [-0.15, -0.1) is 0 Å². The van der Waals surface area contributed by atoms with Crippen LogP contribution in [-0.4, -0.2) is 20.1 Å². The van der Waals surface area contributed by atoms with Gasteiger partial charge in [-0.05, 0) is 42.5 Å². The third kappa shape index (κ3) is 4.50. The molecule has 0 spiro atoms. The van der Waals surface area contributed by atoms with Gasteiger partial charge in [0.15, 0.2) is 0 Å². The molecule has 3 aromatic rings. The zero-order chi connectivity index (χ0) is 20.1. The van der Waals surface area contributed by atoms with Crippen LogP contribution in [0.15, 0.2) is 59.0 Å². The van der Waals surface area contributed by atoms with E-state index < -0.39 is 0 Å². The van der Waals surface area contributed by atoms with Crippen molar-refractivity contribution in [2.24, 2.45) is 0 Å². The number of carbonyl (C=O) groups is 1. The second kappa shape index (κ2) is 8.87. The molecule has 1 amide bonds. The summed E-state index contributed by atoms with van der Waals surface area (Å²) < 4.78 is 16.1. The zero-order valence-corrected chi connectivity index (χ0v) is 16.7. The first-order chi connectivity index (χ1) is 13.5. The Kier molecular flexibility index (Phi) is 6.29. The van der Waals surface area contributed by atoms with Crippen molar-refractivity contribution in [3.8, 4) is 22.8 Å². The summed E-state index contributed by atoms with van der Waals surface area (Å²) in [5.41, 5.74) is 1.18. The maximum Gasteiger partial charge on any atom is 0.248 e. The summed E-state index contributed by atoms with van der Waals surface area (Å²) in [6.45, 7) is 0. The minimum atomic E-state index is -0.342. The molecule has 0 saturated heterocycles. The van der Waals surface area contributed by atoms with E-state index in [2.05, 4.69) is 5.32 Å². The number of carbonyl (C=O) groups excluding carboxylic acids is 1. The van der Waals surface area contributed by atoms with Crippen LogP contribution >= 0.6 is 23.2 Å². The monoisotopic (exact) mass is 417 g/mol. The summed E-state index contributed by atoms with van der Waals surface area (Å²) in [5, 5.41) is 3.61. The molecule has 1 aromatic heterocycles. The fourth-order valence-electron chi connectivity index (χ4n) is 2.53. The molecule has 2 aromatic carbocycles. The Balaban J connectivity index is 1.74. The molecular formula is C21H17Cl2NO4. The molecule has 0 unspecified atom stereocenters. The minimum absolute atomic E-state index is 0.342. The summed E-state index contributed by atoms with van der Waals surface area (Å²) in [6, 6.07) is 13.9. The second-order valence-corrected chi connectivity index (χ2v) is 6.48. The number of methoxy groups -OCH3 is 2. The fraction of sp³-hybridized carbons (Fsp3) is 0.0952. The predicted molar refractivity (Wildman–Crippen MR) is 111 cm³/mol. The topological polar surface area (TPSA) is 60.7 Å². The molecule has 0 bridgehead atoms. The molecule has 0 aliphatic heterocycles. The van der Waals surface area contributed by atoms with E-state index in [4.69, 9.17) is 37.1 Å². The van der Waals surface area contributed by atoms with E-state index in [-0.39, 0.29) is 5.91 Å². The number of benzene rings is 2. The van der Waals surface area contributed by atoms with Crippen LogP contribution in [0, 0.1) is 0 Å². The molecule has 144 valence electrons. The molecule has 1 N–H and O–H groups in total. The number of ether oxygens (including phenoxy) is 2. The highest BCUT2D eigenvalue weighted by atomic mass is 35.5. The Morgan fingerprint density at radius 2 is 1.89 bits per heavy atom. The number of amides is 1. The quantitative estimate of drug-likeness (QED) is 0.505. The number of hydrogen-bond acceptors (Lipinski definition) is 4. The van der Waals surface area contributed by atoms with Gasteiger partial charge in [0.25, 0.3) is 0 Å². The molecule has 1 heterocycles. The number of rotatable bonds is 6. The van der Waals surface area contributed by atoms with Gasteiger partial charge in [-0.25, -0.2) is 0 Å². The van der Waals surface area contributed by atoms with Gasteiger partial charge in [-0.3, -0.25) is 4.79 Å². The maximum atomic E-state index is 12.3. The van der Waals surface area contributed by atoms with E-state index in [9.17, 15) is 4.79 Å². The Labute approximate surface area is 172 Å². The van der Waals surface area contributed by atoms with Crippen LogP contribution in [0.4, 0.5) is 5.69 Å². The van der Waals surface area contributed by atoms with Gasteiger partial charge in [-0.2, -0.15) is 0 Å². The average Bonchev–Trinajstić information content (AvgIpc) is 3.17. The first-order valence-electron chi connectivity index (χ1n) is 8.27. The summed E-state index contributed by atoms with van der Waals surface area (Å²) in [6.07, 6.45) is 2.92. The van der Waals surface area contributed by atoms with Gasteiger partial charge < -0.3 is 19.2 Å². The van der Waals surface area contributed by atoms with Crippen molar-refractivity contribution in [3.63, 3.8) is 0 Å². The number of hydrogen-bond donors (Lipinski definition) is 1. The van der Waals surface area contributed by atoms with E-state index in [0.29, 0.717) is 44.3 Å². The van der Waals surface area contributed by atoms with Gasteiger partial charge in [0, 0.05) is 17.7 Å². The average molecular weight is 418 g/mol. The first-order valence-corrected chi connectivity index (χ1v) is 9.02. The number of halogens is 2. The van der Waals surface area contributed by atoms with Crippen LogP contribution in [0.1, 0.15) is 5.76 Å². The molecule has 0 aliphatic rings. The third-order valence-electron chi connectivity index (χ3n) is 3.91. The lowest BCUT2D eigenvalue weighted by Crippen LogP contribution is -2.09. The minimum Gasteiger partial charge on any atom is -0.497 e. The van der Waals surface area contributed by atoms with Crippen molar-refractivity contribution in [2.45, 2.75) is 0 Å². The van der Waals surface area contributed by atoms with E-state index in [0.717, 1.165) is 0 Å². The SMILES string of the molecule is COc1ccc(OC)c(NC(=O)C=Cc2ccc(-c3cccc(Cl)c3Cl)o2)c1. The van der Waals surface area contributed by atoms with Crippen LogP contribution in [-0.2, 0) is 4.79 Å². The summed E-state index contributed by atoms with van der Waals surface area (Å²) in [4.78, 5) is 12.3. The van der Waals surface area contributed by atoms with E-state index in [1.54, 1.807) is 55.7 Å². The summed E-state index contributed by atoms with van der Waals surface area (Å²) in [7, 11) is 3.08. The van der Waals surface area contributed by atoms with Crippen molar-refractivity contribution in [1.29, 1.82) is 0 Å². The Bertz CT molecular complexity index is 1030. The van der Waals surface area contributed by atoms with Crippen LogP contribution in [0.5, 0.6) is 11.5 Å². The Hall–Kier alpha value is -2.89. The first kappa shape index (κ1) is 19.9. The number of nitrogens with one attached hydrogen (secondary N) is 1. The molecule has 0 fully saturated rings. The van der Waals surface area contributed by atoms with Crippen LogP contribution in [0.2, 0.25) is 10.0 Å². The second-order valence-electron chi connectivity index (χ2n) is 5.69. The fourth-order valence-corrected chi connectivity index (χ4v) is 2.92. The number of anilines is 1. The van der Waals surface area contributed by atoms with Crippen LogP contribution in [0.25, 0.3) is 17.4 Å². The molecule has 0 radical (unpaired) electrons. The van der Waals surface area contributed by atoms with Crippen molar-refractivity contribution in [3.05, 3.63) is 70.4 Å². The van der Waals surface area contributed by atoms with Crippen molar-refractivity contribution in [2.75, 3.05) is 19.5 Å². The zero-order valence-electron chi connectivity index (χ0n) is 15.2. The summed E-state index contributed by atoms with van der Waals surface area (Å²) >= 11 is 12.2. The largest absolute Gasteiger partial charge is 0.497 e. The lowest BCUT2D eigenvalue weighted by Gasteiger charge is -2.10. The molecule has 0 saturated carbocycles. The molecule has 3 rings (SSSR count). The highest BCUT2D eigenvalue weighted by molar-refractivity contribution is 6.43. The van der Waals surface area contributed by atoms with Crippen LogP contribution < -0.4 is 14.8 Å². The molecular weight excluding hydrogens is 401 g/mol. The molecule has 28 heavy (non-hydrogen) atoms. The van der Waals surface area contributed by atoms with E-state index in [1.165, 1.54) is 13.2 Å². The molecule has 5 nitrogen and oxygen atoms in total. The van der Waals surface area contributed by atoms with Crippen molar-refractivity contribution >= 4 is 40.9 Å². The smallest absolute Gasteiger partial charge is 0.248 e. The van der Waals surface area contributed by atoms with Gasteiger partial charge >= 0.3 is 0 Å². The highest BCUT2D eigenvalue weighted by Crippen LogP contribution is 2.34. The predicted octanol–water partition coefficient (Wildman–Crippen LogP) is 5.92. The Morgan fingerprint density at radius 3 is 2.64 bits per heavy atom. The third-order valence-corrected chi connectivity index (χ3v) is 4.73. The maximum absolute atomic E-state index is 12.3. The van der Waals surface area contributed by atoms with Gasteiger partial charge in [0.05, 0.1) is 30.0 Å². The summed E-state index contributed by atoms with van der Waals surface area (Å²) in [5.74, 6) is 1.85. The molecule has 0 aliphatic carbocycles. The van der Waals surface area contributed by atoms with Crippen LogP contribution in [0.3, 0.4) is 0 Å². The van der Waals surface area contributed by atoms with Crippen molar-refractivity contribution < 1.29 is 18.7 Å². The molecule has 0 atom stereocenters. The normalized spacial score (nSPS) is 10.9. The highest BCUT2D eigenvalue weighted by Gasteiger charge is 2.11. The Morgan fingerprint density at radius 1 is 1.07 bits per heavy atom. The van der Waals surface area contributed by atoms with E-state index >= 15 is 0 Å². The lowest BCUT2D eigenvalue weighted by atomic mass is 10.2. The standard InChI is InChI=1S/C21H17Cl2NO4/c1-26-14-7-10-19(27-2)17(12-14)24-20(25)11-8-13-6-9-18(28-13)15-4-3-5-16(22)21(15)23/h3-12H,1-2H3,(H,24,25). The van der Waals surface area contributed by atoms with E-state index in [1.807, 2.05) is 6.07 Å². The van der Waals surface area contributed by atoms with Gasteiger partial charge in [0.2, 0.25) is 5.91 Å².